The van der Waals surface area contributed by atoms with Gasteiger partial charge in [0.25, 0.3) is 0 Å². The van der Waals surface area contributed by atoms with E-state index in [1.807, 2.05) is 18.2 Å². The summed E-state index contributed by atoms with van der Waals surface area (Å²) in [6, 6.07) is 0. The lowest BCUT2D eigenvalue weighted by atomic mass is 9.89. The van der Waals surface area contributed by atoms with Crippen molar-refractivity contribution in [3.63, 3.8) is 0 Å². The second-order valence-electron chi connectivity index (χ2n) is 7.53. The number of hydrogen-bond donors (Lipinski definition) is 2. The van der Waals surface area contributed by atoms with E-state index in [4.69, 9.17) is 4.74 Å². The largest absolute Gasteiger partial charge is 0.450 e. The topological polar surface area (TPSA) is 75.6 Å². The number of rotatable bonds is 13. The molecule has 4 atom stereocenters. The summed E-state index contributed by atoms with van der Waals surface area (Å²) >= 11 is 0. The van der Waals surface area contributed by atoms with Gasteiger partial charge in [0.05, 0.1) is 12.7 Å². The van der Waals surface area contributed by atoms with Crippen LogP contribution in [0.1, 0.15) is 58.8 Å². The summed E-state index contributed by atoms with van der Waals surface area (Å²) in [5.74, 6) is 0.392. The highest BCUT2D eigenvalue weighted by atomic mass is 16.5. The molecule has 0 bridgehead atoms. The molecule has 0 fully saturated rings. The van der Waals surface area contributed by atoms with Gasteiger partial charge in [0, 0.05) is 18.9 Å². The number of unbranched alkanes of at least 4 members (excludes halogenated alkanes) is 3. The first-order chi connectivity index (χ1) is 13.5. The molecule has 28 heavy (non-hydrogen) atoms. The van der Waals surface area contributed by atoms with Gasteiger partial charge in [0.2, 0.25) is 0 Å². The fraction of sp³-hybridized carbons (Fsp3) is 0.652. The van der Waals surface area contributed by atoms with Gasteiger partial charge in [-0.25, -0.2) is 4.79 Å². The van der Waals surface area contributed by atoms with Crippen molar-refractivity contribution in [2.24, 2.45) is 17.8 Å². The molecule has 1 unspecified atom stereocenters. The molecule has 158 valence electrons. The summed E-state index contributed by atoms with van der Waals surface area (Å²) in [6.07, 6.45) is 17.4. The summed E-state index contributed by atoms with van der Waals surface area (Å²) in [4.78, 5) is 23.1. The lowest BCUT2D eigenvalue weighted by Crippen LogP contribution is -2.19. The number of ether oxygens (including phenoxy) is 1. The van der Waals surface area contributed by atoms with E-state index in [2.05, 4.69) is 31.3 Å². The average Bonchev–Trinajstić information content (AvgIpc) is 3.05. The van der Waals surface area contributed by atoms with Crippen LogP contribution in [0, 0.1) is 17.8 Å². The maximum Gasteiger partial charge on any atom is 0.406 e. The van der Waals surface area contributed by atoms with Crippen LogP contribution in [0.2, 0.25) is 0 Å². The molecule has 5 heteroatoms. The minimum Gasteiger partial charge on any atom is -0.450 e. The van der Waals surface area contributed by atoms with Gasteiger partial charge in [-0.05, 0) is 44.1 Å². The number of aliphatic hydroxyl groups is 1. The highest BCUT2D eigenvalue weighted by Crippen LogP contribution is 2.28. The molecular weight excluding hydrogens is 354 g/mol. The Hall–Kier alpha value is -1.88. The van der Waals surface area contributed by atoms with E-state index in [0.717, 1.165) is 38.5 Å². The third-order valence-corrected chi connectivity index (χ3v) is 5.20. The first-order valence-corrected chi connectivity index (χ1v) is 10.6. The molecule has 0 aromatic heterocycles. The van der Waals surface area contributed by atoms with Crippen LogP contribution in [0.25, 0.3) is 0 Å². The molecule has 1 amide bonds. The van der Waals surface area contributed by atoms with E-state index in [0.29, 0.717) is 13.0 Å². The fourth-order valence-corrected chi connectivity index (χ4v) is 3.22. The molecule has 0 aliphatic heterocycles. The van der Waals surface area contributed by atoms with Crippen LogP contribution in [0.3, 0.4) is 0 Å². The molecule has 0 saturated heterocycles. The van der Waals surface area contributed by atoms with Crippen LogP contribution in [0.15, 0.2) is 36.5 Å². The lowest BCUT2D eigenvalue weighted by Gasteiger charge is -2.17. The van der Waals surface area contributed by atoms with Crippen molar-refractivity contribution in [1.29, 1.82) is 0 Å². The van der Waals surface area contributed by atoms with E-state index < -0.39 is 12.2 Å². The molecule has 0 aromatic carbocycles. The van der Waals surface area contributed by atoms with E-state index in [-0.39, 0.29) is 23.5 Å². The second-order valence-corrected chi connectivity index (χ2v) is 7.53. The van der Waals surface area contributed by atoms with Gasteiger partial charge < -0.3 is 15.2 Å². The maximum atomic E-state index is 12.1. The molecule has 5 nitrogen and oxygen atoms in total. The highest BCUT2D eigenvalue weighted by Gasteiger charge is 2.27. The second kappa shape index (κ2) is 14.2. The zero-order valence-corrected chi connectivity index (χ0v) is 17.6. The zero-order valence-electron chi connectivity index (χ0n) is 17.6. The van der Waals surface area contributed by atoms with Crippen LogP contribution in [-0.4, -0.2) is 36.7 Å². The third kappa shape index (κ3) is 9.36. The molecule has 1 aliphatic carbocycles. The lowest BCUT2D eigenvalue weighted by molar-refractivity contribution is -0.117. The molecule has 1 aliphatic rings. The summed E-state index contributed by atoms with van der Waals surface area (Å²) in [5.41, 5.74) is 0. The molecule has 0 heterocycles. The van der Waals surface area contributed by atoms with E-state index in [9.17, 15) is 14.7 Å². The van der Waals surface area contributed by atoms with Gasteiger partial charge in [0.15, 0.2) is 5.78 Å². The van der Waals surface area contributed by atoms with Crippen LogP contribution >= 0.6 is 0 Å². The van der Waals surface area contributed by atoms with Crippen LogP contribution in [-0.2, 0) is 9.53 Å². The summed E-state index contributed by atoms with van der Waals surface area (Å²) < 4.78 is 4.94. The Labute approximate surface area is 169 Å². The van der Waals surface area contributed by atoms with Crippen molar-refractivity contribution in [3.05, 3.63) is 36.5 Å². The Morgan fingerprint density at radius 2 is 2.11 bits per heavy atom. The monoisotopic (exact) mass is 391 g/mol. The number of carbonyl (C=O) groups is 2. The Balaban J connectivity index is 2.34. The SMILES string of the molecule is CCCCC(C)[C@H](O)/C=C/[C@H]1C=CC(=O)[C@@H]1C/C=C\CCCCOC(=O)NC. The van der Waals surface area contributed by atoms with Crippen molar-refractivity contribution in [1.82, 2.24) is 5.32 Å². The standard InChI is InChI=1S/C23H37NO4/c1-4-5-11-18(2)21(25)15-13-19-14-16-22(26)20(19)12-9-7-6-8-10-17-28-23(27)24-3/h7,9,13-16,18-21,25H,4-6,8,10-12,17H2,1-3H3,(H,24,27)/b9-7-,15-13+/t18?,19-,20+,21+/m0/s1. The molecule has 0 aromatic rings. The number of carbonyl (C=O) groups excluding carboxylic acids is 2. The fourth-order valence-electron chi connectivity index (χ4n) is 3.22. The van der Waals surface area contributed by atoms with Crippen LogP contribution in [0.4, 0.5) is 4.79 Å². The third-order valence-electron chi connectivity index (χ3n) is 5.20. The quantitative estimate of drug-likeness (QED) is 0.356. The molecule has 1 rings (SSSR count). The normalized spacial score (nSPS) is 21.5. The van der Waals surface area contributed by atoms with Gasteiger partial charge in [-0.3, -0.25) is 4.79 Å². The minimum atomic E-state index is -0.455. The van der Waals surface area contributed by atoms with Crippen molar-refractivity contribution in [2.75, 3.05) is 13.7 Å². The highest BCUT2D eigenvalue weighted by molar-refractivity contribution is 5.95. The summed E-state index contributed by atoms with van der Waals surface area (Å²) in [5, 5.41) is 12.7. The Kier molecular flexibility index (Phi) is 12.2. The number of allylic oxidation sites excluding steroid dienone is 5. The first kappa shape index (κ1) is 24.2. The predicted molar refractivity (Wildman–Crippen MR) is 113 cm³/mol. The minimum absolute atomic E-state index is 0.0612. The van der Waals surface area contributed by atoms with Gasteiger partial charge in [-0.1, -0.05) is 57.1 Å². The Morgan fingerprint density at radius 1 is 1.32 bits per heavy atom. The van der Waals surface area contributed by atoms with Crippen molar-refractivity contribution in [3.8, 4) is 0 Å². The summed E-state index contributed by atoms with van der Waals surface area (Å²) in [7, 11) is 1.54. The number of aliphatic hydroxyl groups excluding tert-OH is 1. The van der Waals surface area contributed by atoms with Gasteiger partial charge in [0.1, 0.15) is 0 Å². The van der Waals surface area contributed by atoms with E-state index in [1.54, 1.807) is 13.1 Å². The van der Waals surface area contributed by atoms with E-state index >= 15 is 0 Å². The molecule has 0 saturated carbocycles. The van der Waals surface area contributed by atoms with Crippen LogP contribution < -0.4 is 5.32 Å². The van der Waals surface area contributed by atoms with Crippen molar-refractivity contribution >= 4 is 11.9 Å². The van der Waals surface area contributed by atoms with Gasteiger partial charge >= 0.3 is 6.09 Å². The Morgan fingerprint density at radius 3 is 2.82 bits per heavy atom. The van der Waals surface area contributed by atoms with Crippen molar-refractivity contribution < 1.29 is 19.4 Å². The first-order valence-electron chi connectivity index (χ1n) is 10.6. The number of hydrogen-bond acceptors (Lipinski definition) is 4. The molecule has 2 N–H and O–H groups in total. The maximum absolute atomic E-state index is 12.1. The van der Waals surface area contributed by atoms with Gasteiger partial charge in [-0.2, -0.15) is 0 Å². The predicted octanol–water partition coefficient (Wildman–Crippen LogP) is 4.57. The molecule has 0 radical (unpaired) electrons. The zero-order chi connectivity index (χ0) is 20.8. The number of nitrogens with one attached hydrogen (secondary N) is 1. The molecule has 0 spiro atoms. The van der Waals surface area contributed by atoms with Crippen LogP contribution in [0.5, 0.6) is 0 Å². The number of alkyl carbamates (subject to hydrolysis) is 1. The number of ketones is 1. The molecular formula is C23H37NO4. The van der Waals surface area contributed by atoms with Gasteiger partial charge in [-0.15, -0.1) is 0 Å². The Bertz CT molecular complexity index is 553. The smallest absolute Gasteiger partial charge is 0.406 e. The van der Waals surface area contributed by atoms with E-state index in [1.165, 1.54) is 0 Å². The van der Waals surface area contributed by atoms with Crippen molar-refractivity contribution in [2.45, 2.75) is 64.9 Å². The number of amides is 1. The summed E-state index contributed by atoms with van der Waals surface area (Å²) in [6.45, 7) is 4.64. The average molecular weight is 392 g/mol.